The van der Waals surface area contributed by atoms with Gasteiger partial charge in [0.2, 0.25) is 5.91 Å². The first-order valence-corrected chi connectivity index (χ1v) is 10.8. The van der Waals surface area contributed by atoms with Crippen molar-refractivity contribution < 1.29 is 4.79 Å². The van der Waals surface area contributed by atoms with Crippen molar-refractivity contribution in [1.82, 2.24) is 15.2 Å². The zero-order valence-corrected chi connectivity index (χ0v) is 17.3. The normalized spacial score (nSPS) is 15.3. The second-order valence-electron chi connectivity index (χ2n) is 8.23. The van der Waals surface area contributed by atoms with E-state index in [9.17, 15) is 4.79 Å². The van der Waals surface area contributed by atoms with Crippen LogP contribution in [-0.4, -0.2) is 28.9 Å². The topological polar surface area (TPSA) is 48.1 Å². The first-order chi connectivity index (χ1) is 14.2. The summed E-state index contributed by atoms with van der Waals surface area (Å²) in [5, 5.41) is 4.21. The number of benzene rings is 2. The quantitative estimate of drug-likeness (QED) is 0.641. The van der Waals surface area contributed by atoms with Crippen LogP contribution in [0.3, 0.4) is 0 Å². The molecule has 4 heteroatoms. The van der Waals surface area contributed by atoms with E-state index in [1.807, 2.05) is 19.1 Å². The van der Waals surface area contributed by atoms with Gasteiger partial charge in [0.1, 0.15) is 0 Å². The number of rotatable bonds is 6. The summed E-state index contributed by atoms with van der Waals surface area (Å²) < 4.78 is 0. The average molecular weight is 390 g/mol. The highest BCUT2D eigenvalue weighted by atomic mass is 16.1. The summed E-state index contributed by atoms with van der Waals surface area (Å²) in [6, 6.07) is 16.9. The molecule has 29 heavy (non-hydrogen) atoms. The maximum atomic E-state index is 12.5. The SMILES string of the molecule is Cc1[nH]c2ccccc2c1CC(=O)NCc1ccc(CN2CCCCCC2)cc1. The van der Waals surface area contributed by atoms with Gasteiger partial charge in [-0.15, -0.1) is 0 Å². The lowest BCUT2D eigenvalue weighted by Gasteiger charge is -2.19. The minimum atomic E-state index is 0.0616. The third-order valence-corrected chi connectivity index (χ3v) is 5.98. The molecule has 4 nitrogen and oxygen atoms in total. The molecule has 4 rings (SSSR count). The van der Waals surface area contributed by atoms with Crippen LogP contribution in [0.4, 0.5) is 0 Å². The molecule has 2 N–H and O–H groups in total. The van der Waals surface area contributed by atoms with Gasteiger partial charge >= 0.3 is 0 Å². The molecule has 0 atom stereocenters. The number of H-pyrrole nitrogens is 1. The third kappa shape index (κ3) is 5.07. The predicted octanol–water partition coefficient (Wildman–Crippen LogP) is 4.71. The molecule has 1 aromatic heterocycles. The number of para-hydroxylation sites is 1. The Morgan fingerprint density at radius 3 is 2.41 bits per heavy atom. The van der Waals surface area contributed by atoms with Gasteiger partial charge < -0.3 is 10.3 Å². The van der Waals surface area contributed by atoms with Gasteiger partial charge in [-0.05, 0) is 55.6 Å². The van der Waals surface area contributed by atoms with Crippen LogP contribution in [0.25, 0.3) is 10.9 Å². The Morgan fingerprint density at radius 1 is 0.966 bits per heavy atom. The molecule has 1 saturated heterocycles. The van der Waals surface area contributed by atoms with Crippen molar-refractivity contribution in [3.8, 4) is 0 Å². The predicted molar refractivity (Wildman–Crippen MR) is 119 cm³/mol. The number of nitrogens with zero attached hydrogens (tertiary/aromatic N) is 1. The van der Waals surface area contributed by atoms with Crippen LogP contribution in [0.2, 0.25) is 0 Å². The molecule has 1 aliphatic rings. The molecular formula is C25H31N3O. The number of amides is 1. The Labute approximate surface area is 173 Å². The smallest absolute Gasteiger partial charge is 0.224 e. The van der Waals surface area contributed by atoms with E-state index in [0.29, 0.717) is 13.0 Å². The van der Waals surface area contributed by atoms with Crippen LogP contribution in [0, 0.1) is 6.92 Å². The van der Waals surface area contributed by atoms with E-state index in [1.165, 1.54) is 44.3 Å². The lowest BCUT2D eigenvalue weighted by Crippen LogP contribution is -2.25. The van der Waals surface area contributed by atoms with Crippen molar-refractivity contribution in [3.63, 3.8) is 0 Å². The molecule has 152 valence electrons. The fourth-order valence-corrected chi connectivity index (χ4v) is 4.30. The van der Waals surface area contributed by atoms with E-state index in [-0.39, 0.29) is 5.91 Å². The Balaban J connectivity index is 1.30. The first kappa shape index (κ1) is 19.7. The third-order valence-electron chi connectivity index (χ3n) is 5.98. The van der Waals surface area contributed by atoms with Crippen molar-refractivity contribution in [1.29, 1.82) is 0 Å². The highest BCUT2D eigenvalue weighted by molar-refractivity contribution is 5.90. The van der Waals surface area contributed by atoms with Gasteiger partial charge in [-0.25, -0.2) is 0 Å². The number of hydrogen-bond donors (Lipinski definition) is 2. The minimum Gasteiger partial charge on any atom is -0.358 e. The van der Waals surface area contributed by atoms with Gasteiger partial charge in [0, 0.05) is 29.7 Å². The largest absolute Gasteiger partial charge is 0.358 e. The number of fused-ring (bicyclic) bond motifs is 1. The Bertz CT molecular complexity index is 950. The summed E-state index contributed by atoms with van der Waals surface area (Å²) in [6.45, 7) is 6.07. The van der Waals surface area contributed by atoms with E-state index >= 15 is 0 Å². The molecule has 0 unspecified atom stereocenters. The number of aromatic nitrogens is 1. The van der Waals surface area contributed by atoms with E-state index in [1.54, 1.807) is 0 Å². The molecule has 1 fully saturated rings. The second kappa shape index (κ2) is 9.27. The summed E-state index contributed by atoms with van der Waals surface area (Å²) in [4.78, 5) is 18.4. The molecule has 0 aliphatic carbocycles. The van der Waals surface area contributed by atoms with Gasteiger partial charge in [-0.3, -0.25) is 9.69 Å². The maximum absolute atomic E-state index is 12.5. The van der Waals surface area contributed by atoms with Crippen LogP contribution in [0.5, 0.6) is 0 Å². The van der Waals surface area contributed by atoms with Crippen molar-refractivity contribution in [2.45, 2.75) is 52.1 Å². The molecule has 1 aliphatic heterocycles. The number of carbonyl (C=O) groups is 1. The Hall–Kier alpha value is -2.59. The van der Waals surface area contributed by atoms with Crippen LogP contribution in [-0.2, 0) is 24.3 Å². The highest BCUT2D eigenvalue weighted by Gasteiger charge is 2.12. The fourth-order valence-electron chi connectivity index (χ4n) is 4.30. The molecule has 2 heterocycles. The summed E-state index contributed by atoms with van der Waals surface area (Å²) >= 11 is 0. The Morgan fingerprint density at radius 2 is 1.66 bits per heavy atom. The minimum absolute atomic E-state index is 0.0616. The van der Waals surface area contributed by atoms with Crippen LogP contribution >= 0.6 is 0 Å². The first-order valence-electron chi connectivity index (χ1n) is 10.8. The number of nitrogens with one attached hydrogen (secondary N) is 2. The number of likely N-dealkylation sites (tertiary alicyclic amines) is 1. The molecule has 2 aromatic carbocycles. The van der Waals surface area contributed by atoms with Gasteiger partial charge in [-0.2, -0.15) is 0 Å². The van der Waals surface area contributed by atoms with Crippen molar-refractivity contribution in [3.05, 3.63) is 70.9 Å². The number of hydrogen-bond acceptors (Lipinski definition) is 2. The van der Waals surface area contributed by atoms with E-state index in [4.69, 9.17) is 0 Å². The van der Waals surface area contributed by atoms with Crippen molar-refractivity contribution in [2.75, 3.05) is 13.1 Å². The summed E-state index contributed by atoms with van der Waals surface area (Å²) in [7, 11) is 0. The molecule has 3 aromatic rings. The van der Waals surface area contributed by atoms with Gasteiger partial charge in [-0.1, -0.05) is 55.3 Å². The monoisotopic (exact) mass is 389 g/mol. The number of aryl methyl sites for hydroxylation is 1. The summed E-state index contributed by atoms with van der Waals surface area (Å²) in [5.41, 5.74) is 5.75. The van der Waals surface area contributed by atoms with Crippen LogP contribution in [0.15, 0.2) is 48.5 Å². The maximum Gasteiger partial charge on any atom is 0.224 e. The summed E-state index contributed by atoms with van der Waals surface area (Å²) in [5.74, 6) is 0.0616. The van der Waals surface area contributed by atoms with Crippen LogP contribution < -0.4 is 5.32 Å². The lowest BCUT2D eigenvalue weighted by molar-refractivity contribution is -0.120. The molecular weight excluding hydrogens is 358 g/mol. The van der Waals surface area contributed by atoms with E-state index in [2.05, 4.69) is 51.6 Å². The van der Waals surface area contributed by atoms with Crippen LogP contribution in [0.1, 0.15) is 48.1 Å². The van der Waals surface area contributed by atoms with Crippen molar-refractivity contribution in [2.24, 2.45) is 0 Å². The molecule has 0 saturated carbocycles. The number of aromatic amines is 1. The zero-order chi connectivity index (χ0) is 20.1. The number of carbonyl (C=O) groups excluding carboxylic acids is 1. The van der Waals surface area contributed by atoms with E-state index in [0.717, 1.165) is 34.3 Å². The molecule has 0 spiro atoms. The highest BCUT2D eigenvalue weighted by Crippen LogP contribution is 2.22. The molecule has 0 bridgehead atoms. The lowest BCUT2D eigenvalue weighted by atomic mass is 10.1. The standard InChI is InChI=1S/C25H31N3O/c1-19-23(22-8-4-5-9-24(22)27-19)16-25(29)26-17-20-10-12-21(13-11-20)18-28-14-6-2-3-7-15-28/h4-5,8-13,27H,2-3,6-7,14-18H2,1H3,(H,26,29). The fraction of sp³-hybridized carbons (Fsp3) is 0.400. The summed E-state index contributed by atoms with van der Waals surface area (Å²) in [6.07, 6.45) is 5.78. The van der Waals surface area contributed by atoms with Gasteiger partial charge in [0.05, 0.1) is 6.42 Å². The second-order valence-corrected chi connectivity index (χ2v) is 8.23. The average Bonchev–Trinajstić information content (AvgIpc) is 2.89. The van der Waals surface area contributed by atoms with Gasteiger partial charge in [0.15, 0.2) is 0 Å². The molecule has 0 radical (unpaired) electrons. The van der Waals surface area contributed by atoms with Crippen molar-refractivity contribution >= 4 is 16.8 Å². The van der Waals surface area contributed by atoms with E-state index < -0.39 is 0 Å². The molecule has 1 amide bonds. The zero-order valence-electron chi connectivity index (χ0n) is 17.3. The Kier molecular flexibility index (Phi) is 6.30. The van der Waals surface area contributed by atoms with Gasteiger partial charge in [0.25, 0.3) is 0 Å².